The third kappa shape index (κ3) is 6.17. The predicted octanol–water partition coefficient (Wildman–Crippen LogP) is 1.11. The molecule has 0 aromatic rings. The molecule has 0 aromatic carbocycles. The maximum absolute atomic E-state index is 10.9. The first-order valence-electron chi connectivity index (χ1n) is 3.82. The largest absolute Gasteiger partial charge is 0.466 e. The average Bonchev–Trinajstić information content (AvgIpc) is 2.02. The molecule has 0 fully saturated rings. The van der Waals surface area contributed by atoms with Gasteiger partial charge in [0, 0.05) is 6.92 Å². The Kier molecular flexibility index (Phi) is 5.98. The second-order valence-corrected chi connectivity index (χ2v) is 3.62. The maximum atomic E-state index is 10.9. The fourth-order valence-electron chi connectivity index (χ4n) is 0.685. The molecule has 72 valence electrons. The highest BCUT2D eigenvalue weighted by molar-refractivity contribution is 8.14. The molecule has 0 aliphatic rings. The van der Waals surface area contributed by atoms with Crippen LogP contribution < -0.4 is 0 Å². The van der Waals surface area contributed by atoms with Crippen molar-refractivity contribution in [3.63, 3.8) is 0 Å². The number of carbonyl (C=O) groups is 2. The molecule has 0 N–H and O–H groups in total. The van der Waals surface area contributed by atoms with Crippen LogP contribution in [0.4, 0.5) is 0 Å². The lowest BCUT2D eigenvalue weighted by Gasteiger charge is -2.04. The van der Waals surface area contributed by atoms with Gasteiger partial charge in [-0.25, -0.2) is 0 Å². The molecule has 0 amide bonds. The van der Waals surface area contributed by atoms with E-state index in [2.05, 4.69) is 4.74 Å². The second kappa shape index (κ2) is 6.49. The molecule has 0 bridgehead atoms. The first-order chi connectivity index (χ1) is 6.10. The van der Waals surface area contributed by atoms with Gasteiger partial charge in [-0.15, -0.1) is 0 Å². The first-order valence-corrected chi connectivity index (χ1v) is 4.70. The van der Waals surface area contributed by atoms with E-state index >= 15 is 0 Å². The zero-order valence-electron chi connectivity index (χ0n) is 7.57. The van der Waals surface area contributed by atoms with Crippen molar-refractivity contribution < 1.29 is 14.3 Å². The summed E-state index contributed by atoms with van der Waals surface area (Å²) in [6.07, 6.45) is -0.0331. The van der Waals surface area contributed by atoms with Gasteiger partial charge in [0.1, 0.15) is 5.25 Å². The summed E-state index contributed by atoms with van der Waals surface area (Å²) in [6.45, 7) is 3.35. The van der Waals surface area contributed by atoms with Crippen molar-refractivity contribution in [1.29, 1.82) is 5.26 Å². The summed E-state index contributed by atoms with van der Waals surface area (Å²) in [6, 6.07) is 1.86. The van der Waals surface area contributed by atoms with Gasteiger partial charge < -0.3 is 4.74 Å². The number of nitrogens with zero attached hydrogens (tertiary/aromatic N) is 1. The highest BCUT2D eigenvalue weighted by Crippen LogP contribution is 2.14. The van der Waals surface area contributed by atoms with Crippen LogP contribution in [0.25, 0.3) is 0 Å². The van der Waals surface area contributed by atoms with Gasteiger partial charge in [0.15, 0.2) is 5.12 Å². The van der Waals surface area contributed by atoms with Crippen LogP contribution in [0.15, 0.2) is 0 Å². The van der Waals surface area contributed by atoms with E-state index in [0.29, 0.717) is 6.61 Å². The lowest BCUT2D eigenvalue weighted by molar-refractivity contribution is -0.142. The van der Waals surface area contributed by atoms with E-state index < -0.39 is 11.2 Å². The van der Waals surface area contributed by atoms with Crippen molar-refractivity contribution >= 4 is 22.8 Å². The molecule has 5 heteroatoms. The van der Waals surface area contributed by atoms with Crippen molar-refractivity contribution in [1.82, 2.24) is 0 Å². The van der Waals surface area contributed by atoms with Gasteiger partial charge >= 0.3 is 5.97 Å². The van der Waals surface area contributed by atoms with Crippen LogP contribution in [0.2, 0.25) is 0 Å². The zero-order chi connectivity index (χ0) is 10.3. The minimum Gasteiger partial charge on any atom is -0.466 e. The van der Waals surface area contributed by atoms with Gasteiger partial charge in [0.25, 0.3) is 0 Å². The molecule has 1 unspecified atom stereocenters. The number of rotatable bonds is 4. The van der Waals surface area contributed by atoms with Crippen LogP contribution in [0, 0.1) is 11.3 Å². The van der Waals surface area contributed by atoms with Crippen LogP contribution >= 0.6 is 11.8 Å². The van der Waals surface area contributed by atoms with Crippen LogP contribution in [0.5, 0.6) is 0 Å². The molecular weight excluding hydrogens is 190 g/mol. The highest BCUT2D eigenvalue weighted by Gasteiger charge is 2.16. The summed E-state index contributed by atoms with van der Waals surface area (Å²) >= 11 is 0.853. The van der Waals surface area contributed by atoms with Crippen molar-refractivity contribution in [3.05, 3.63) is 0 Å². The average molecular weight is 201 g/mol. The Balaban J connectivity index is 3.92. The molecule has 0 aromatic heterocycles. The Morgan fingerprint density at radius 1 is 1.62 bits per heavy atom. The molecule has 0 saturated carbocycles. The molecule has 4 nitrogen and oxygen atoms in total. The van der Waals surface area contributed by atoms with Crippen molar-refractivity contribution in [2.24, 2.45) is 0 Å². The Labute approximate surface area is 81.2 Å². The predicted molar refractivity (Wildman–Crippen MR) is 48.9 cm³/mol. The Hall–Kier alpha value is -1.02. The molecule has 1 atom stereocenters. The Morgan fingerprint density at radius 2 is 2.23 bits per heavy atom. The topological polar surface area (TPSA) is 67.2 Å². The number of thioether (sulfide) groups is 1. The molecule has 0 spiro atoms. The van der Waals surface area contributed by atoms with E-state index in [1.165, 1.54) is 6.92 Å². The summed E-state index contributed by atoms with van der Waals surface area (Å²) < 4.78 is 4.64. The minimum atomic E-state index is -0.628. The highest BCUT2D eigenvalue weighted by atomic mass is 32.2. The Bertz CT molecular complexity index is 234. The van der Waals surface area contributed by atoms with Crippen LogP contribution in [-0.2, 0) is 14.3 Å². The van der Waals surface area contributed by atoms with Gasteiger partial charge in [-0.2, -0.15) is 5.26 Å². The number of ether oxygens (including phenoxy) is 1. The fourth-order valence-corrected chi connectivity index (χ4v) is 1.36. The normalized spacial score (nSPS) is 11.5. The summed E-state index contributed by atoms with van der Waals surface area (Å²) in [4.78, 5) is 21.5. The number of nitriles is 1. The molecule has 13 heavy (non-hydrogen) atoms. The zero-order valence-corrected chi connectivity index (χ0v) is 8.39. The smallest absolute Gasteiger partial charge is 0.307 e. The Morgan fingerprint density at radius 3 is 2.62 bits per heavy atom. The van der Waals surface area contributed by atoms with Crippen molar-refractivity contribution in [2.45, 2.75) is 25.5 Å². The van der Waals surface area contributed by atoms with E-state index in [9.17, 15) is 9.59 Å². The lowest BCUT2D eigenvalue weighted by Crippen LogP contribution is -2.13. The van der Waals surface area contributed by atoms with Gasteiger partial charge in [0.05, 0.1) is 19.1 Å². The van der Waals surface area contributed by atoms with E-state index in [1.807, 2.05) is 6.07 Å². The second-order valence-electron chi connectivity index (χ2n) is 2.24. The molecule has 0 radical (unpaired) electrons. The molecule has 0 aliphatic heterocycles. The number of hydrogen-bond donors (Lipinski definition) is 0. The third-order valence-electron chi connectivity index (χ3n) is 1.11. The monoisotopic (exact) mass is 201 g/mol. The van der Waals surface area contributed by atoms with Gasteiger partial charge in [-0.05, 0) is 6.92 Å². The van der Waals surface area contributed by atoms with Gasteiger partial charge in [-0.1, -0.05) is 11.8 Å². The standard InChI is InChI=1S/C8H11NO3S/c1-3-12-8(11)4-7(5-9)13-6(2)10/h7H,3-4H2,1-2H3. The van der Waals surface area contributed by atoms with E-state index in [1.54, 1.807) is 6.92 Å². The third-order valence-corrected chi connectivity index (χ3v) is 2.00. The number of hydrogen-bond acceptors (Lipinski definition) is 5. The first kappa shape index (κ1) is 12.0. The minimum absolute atomic E-state index is 0.0331. The van der Waals surface area contributed by atoms with E-state index in [4.69, 9.17) is 5.26 Å². The van der Waals surface area contributed by atoms with E-state index in [0.717, 1.165) is 11.8 Å². The summed E-state index contributed by atoms with van der Waals surface area (Å²) in [5, 5.41) is 7.76. The molecule has 0 heterocycles. The van der Waals surface area contributed by atoms with Gasteiger partial charge in [0.2, 0.25) is 0 Å². The van der Waals surface area contributed by atoms with Crippen molar-refractivity contribution in [3.8, 4) is 6.07 Å². The summed E-state index contributed by atoms with van der Waals surface area (Å²) in [7, 11) is 0. The van der Waals surface area contributed by atoms with Gasteiger partial charge in [-0.3, -0.25) is 9.59 Å². The SMILES string of the molecule is CCOC(=O)CC(C#N)SC(C)=O. The molecule has 0 rings (SSSR count). The number of esters is 1. The fraction of sp³-hybridized carbons (Fsp3) is 0.625. The summed E-state index contributed by atoms with van der Waals surface area (Å²) in [5.74, 6) is -0.442. The lowest BCUT2D eigenvalue weighted by atomic mass is 10.3. The molecule has 0 saturated heterocycles. The molecule has 0 aliphatic carbocycles. The summed E-state index contributed by atoms with van der Waals surface area (Å²) in [5.41, 5.74) is 0. The van der Waals surface area contributed by atoms with Crippen LogP contribution in [0.1, 0.15) is 20.3 Å². The maximum Gasteiger partial charge on any atom is 0.307 e. The van der Waals surface area contributed by atoms with Crippen LogP contribution in [-0.4, -0.2) is 22.9 Å². The quantitative estimate of drug-likeness (QED) is 0.637. The molecular formula is C8H11NO3S. The van der Waals surface area contributed by atoms with Crippen LogP contribution in [0.3, 0.4) is 0 Å². The van der Waals surface area contributed by atoms with E-state index in [-0.39, 0.29) is 11.5 Å². The number of carbonyl (C=O) groups excluding carboxylic acids is 2. The van der Waals surface area contributed by atoms with Crippen molar-refractivity contribution in [2.75, 3.05) is 6.61 Å².